The van der Waals surface area contributed by atoms with E-state index in [4.69, 9.17) is 11.6 Å². The molecule has 13 heavy (non-hydrogen) atoms. The second-order valence-corrected chi connectivity index (χ2v) is 4.48. The van der Waals surface area contributed by atoms with Crippen LogP contribution in [-0.2, 0) is 5.33 Å². The molecule has 1 aromatic heterocycles. The van der Waals surface area contributed by atoms with Gasteiger partial charge in [-0.2, -0.15) is 0 Å². The molecule has 1 aromatic carbocycles. The minimum absolute atomic E-state index is 0.190. The Morgan fingerprint density at radius 2 is 2.23 bits per heavy atom. The fourth-order valence-electron chi connectivity index (χ4n) is 1.20. The Morgan fingerprint density at radius 3 is 2.92 bits per heavy atom. The smallest absolute Gasteiger partial charge is 0.159 e. The first-order valence-electron chi connectivity index (χ1n) is 3.64. The Bertz CT molecular complexity index is 452. The van der Waals surface area contributed by atoms with Gasteiger partial charge in [-0.3, -0.25) is 0 Å². The van der Waals surface area contributed by atoms with Gasteiger partial charge in [0.05, 0.1) is 9.72 Å². The molecule has 4 heteroatoms. The maximum atomic E-state index is 13.4. The van der Waals surface area contributed by atoms with Crippen molar-refractivity contribution in [2.75, 3.05) is 0 Å². The minimum atomic E-state index is -0.309. The Kier molecular flexibility index (Phi) is 2.58. The molecular weight excluding hydrogens is 275 g/mol. The monoisotopic (exact) mass is 278 g/mol. The van der Waals surface area contributed by atoms with Gasteiger partial charge in [-0.25, -0.2) is 4.39 Å². The van der Waals surface area contributed by atoms with Crippen LogP contribution in [0.1, 0.15) is 5.56 Å². The summed E-state index contributed by atoms with van der Waals surface area (Å²) in [5.41, 5.74) is 1.11. The lowest BCUT2D eigenvalue weighted by atomic mass is 10.2. The average Bonchev–Trinajstić information content (AvgIpc) is 2.55. The highest BCUT2D eigenvalue weighted by Gasteiger charge is 2.09. The van der Waals surface area contributed by atoms with E-state index in [-0.39, 0.29) is 10.8 Å². The molecule has 0 spiro atoms. The van der Waals surface area contributed by atoms with E-state index >= 15 is 0 Å². The van der Waals surface area contributed by atoms with Crippen LogP contribution >= 0.6 is 38.9 Å². The molecule has 1 heterocycles. The van der Waals surface area contributed by atoms with Crippen LogP contribution in [0.2, 0.25) is 5.02 Å². The zero-order valence-corrected chi connectivity index (χ0v) is 9.64. The summed E-state index contributed by atoms with van der Waals surface area (Å²) in [6.45, 7) is 0. The summed E-state index contributed by atoms with van der Waals surface area (Å²) >= 11 is 10.4. The van der Waals surface area contributed by atoms with E-state index in [0.717, 1.165) is 16.3 Å². The average molecular weight is 280 g/mol. The molecule has 0 fully saturated rings. The topological polar surface area (TPSA) is 0 Å². The number of rotatable bonds is 1. The molecule has 0 unspecified atom stereocenters. The summed E-state index contributed by atoms with van der Waals surface area (Å²) in [4.78, 5) is 0. The third-order valence-corrected chi connectivity index (χ3v) is 3.79. The van der Waals surface area contributed by atoms with Crippen LogP contribution in [0.4, 0.5) is 4.39 Å². The second-order valence-electron chi connectivity index (χ2n) is 2.63. The Morgan fingerprint density at radius 1 is 1.46 bits per heavy atom. The summed E-state index contributed by atoms with van der Waals surface area (Å²) < 4.78 is 14.1. The fraction of sp³-hybridized carbons (Fsp3) is 0.111. The first-order valence-corrected chi connectivity index (χ1v) is 6.02. The van der Waals surface area contributed by atoms with Gasteiger partial charge in [0.25, 0.3) is 0 Å². The first-order chi connectivity index (χ1) is 6.24. The van der Waals surface area contributed by atoms with Crippen molar-refractivity contribution in [3.05, 3.63) is 33.9 Å². The van der Waals surface area contributed by atoms with E-state index in [1.807, 2.05) is 11.4 Å². The number of halogens is 3. The minimum Gasteiger partial charge on any atom is -0.204 e. The van der Waals surface area contributed by atoms with E-state index in [9.17, 15) is 4.39 Å². The quantitative estimate of drug-likeness (QED) is 0.670. The fourth-order valence-corrected chi connectivity index (χ4v) is 3.10. The van der Waals surface area contributed by atoms with Crippen LogP contribution in [-0.4, -0.2) is 0 Å². The molecule has 0 nitrogen and oxygen atoms in total. The van der Waals surface area contributed by atoms with Gasteiger partial charge in [0.1, 0.15) is 0 Å². The molecule has 0 saturated heterocycles. The van der Waals surface area contributed by atoms with Crippen molar-refractivity contribution in [3.8, 4) is 0 Å². The second kappa shape index (κ2) is 3.56. The molecular formula is C9H5BrClFS. The van der Waals surface area contributed by atoms with E-state index in [0.29, 0.717) is 4.70 Å². The van der Waals surface area contributed by atoms with Gasteiger partial charge in [0, 0.05) is 5.33 Å². The van der Waals surface area contributed by atoms with Crippen molar-refractivity contribution in [2.24, 2.45) is 0 Å². The predicted octanol–water partition coefficient (Wildman–Crippen LogP) is 4.59. The largest absolute Gasteiger partial charge is 0.204 e. The highest BCUT2D eigenvalue weighted by Crippen LogP contribution is 2.32. The number of thiophene rings is 1. The highest BCUT2D eigenvalue weighted by atomic mass is 79.9. The van der Waals surface area contributed by atoms with Gasteiger partial charge in [-0.05, 0) is 22.4 Å². The van der Waals surface area contributed by atoms with Crippen molar-refractivity contribution in [2.45, 2.75) is 5.33 Å². The lowest BCUT2D eigenvalue weighted by molar-refractivity contribution is 0.642. The predicted molar refractivity (Wildman–Crippen MR) is 59.4 cm³/mol. The molecule has 0 bridgehead atoms. The molecule has 0 saturated carbocycles. The van der Waals surface area contributed by atoms with Gasteiger partial charge in [-0.15, -0.1) is 11.3 Å². The van der Waals surface area contributed by atoms with Crippen LogP contribution in [0.3, 0.4) is 0 Å². The molecule has 0 aliphatic heterocycles. The summed E-state index contributed by atoms with van der Waals surface area (Å²) in [5.74, 6) is -0.309. The molecule has 0 atom stereocenters. The molecule has 68 valence electrons. The summed E-state index contributed by atoms with van der Waals surface area (Å²) in [7, 11) is 0. The maximum absolute atomic E-state index is 13.4. The van der Waals surface area contributed by atoms with E-state index in [1.165, 1.54) is 11.3 Å². The Balaban J connectivity index is 2.81. The van der Waals surface area contributed by atoms with E-state index in [1.54, 1.807) is 6.07 Å². The number of fused-ring (bicyclic) bond motifs is 1. The van der Waals surface area contributed by atoms with Crippen LogP contribution in [0, 0.1) is 5.82 Å². The van der Waals surface area contributed by atoms with Crippen molar-refractivity contribution < 1.29 is 4.39 Å². The number of benzene rings is 1. The Hall–Kier alpha value is -0.120. The standard InChI is InChI=1S/C9H5BrClFS/c10-3-5-4-13-9-6(5)1-2-7(11)8(9)12/h1-2,4H,3H2. The number of hydrogen-bond acceptors (Lipinski definition) is 1. The highest BCUT2D eigenvalue weighted by molar-refractivity contribution is 9.08. The van der Waals surface area contributed by atoms with Crippen molar-refractivity contribution in [1.82, 2.24) is 0 Å². The lowest BCUT2D eigenvalue weighted by Gasteiger charge is -1.96. The summed E-state index contributed by atoms with van der Waals surface area (Å²) in [6, 6.07) is 3.45. The molecule has 0 N–H and O–H groups in total. The third kappa shape index (κ3) is 1.49. The van der Waals surface area contributed by atoms with Crippen LogP contribution in [0.25, 0.3) is 10.1 Å². The van der Waals surface area contributed by atoms with Gasteiger partial charge in [0.2, 0.25) is 0 Å². The van der Waals surface area contributed by atoms with Gasteiger partial charge >= 0.3 is 0 Å². The molecule has 2 rings (SSSR count). The lowest BCUT2D eigenvalue weighted by Crippen LogP contribution is -1.78. The number of hydrogen-bond donors (Lipinski definition) is 0. The van der Waals surface area contributed by atoms with Crippen molar-refractivity contribution in [3.63, 3.8) is 0 Å². The number of alkyl halides is 1. The first kappa shape index (κ1) is 9.44. The van der Waals surface area contributed by atoms with Gasteiger partial charge in [0.15, 0.2) is 5.82 Å². The van der Waals surface area contributed by atoms with Crippen LogP contribution in [0.5, 0.6) is 0 Å². The molecule has 0 amide bonds. The SMILES string of the molecule is Fc1c(Cl)ccc2c(CBr)csc12. The van der Waals surface area contributed by atoms with E-state index in [2.05, 4.69) is 15.9 Å². The van der Waals surface area contributed by atoms with Crippen molar-refractivity contribution in [1.29, 1.82) is 0 Å². The van der Waals surface area contributed by atoms with Gasteiger partial charge < -0.3 is 0 Å². The van der Waals surface area contributed by atoms with E-state index < -0.39 is 0 Å². The zero-order valence-electron chi connectivity index (χ0n) is 6.48. The normalized spacial score (nSPS) is 11.0. The molecule has 0 aliphatic rings. The summed E-state index contributed by atoms with van der Waals surface area (Å²) in [6.07, 6.45) is 0. The van der Waals surface area contributed by atoms with Gasteiger partial charge in [-0.1, -0.05) is 33.6 Å². The zero-order chi connectivity index (χ0) is 9.42. The molecule has 0 radical (unpaired) electrons. The molecule has 0 aliphatic carbocycles. The third-order valence-electron chi connectivity index (χ3n) is 1.86. The summed E-state index contributed by atoms with van der Waals surface area (Å²) in [5, 5.41) is 3.83. The maximum Gasteiger partial charge on any atom is 0.159 e. The van der Waals surface area contributed by atoms with Crippen LogP contribution in [0.15, 0.2) is 17.5 Å². The van der Waals surface area contributed by atoms with Crippen molar-refractivity contribution >= 4 is 49.0 Å². The Labute approximate surface area is 92.5 Å². The molecule has 2 aromatic rings. The van der Waals surface area contributed by atoms with Crippen LogP contribution < -0.4 is 0 Å².